The third-order valence-corrected chi connectivity index (χ3v) is 1.93. The van der Waals surface area contributed by atoms with Gasteiger partial charge in [-0.25, -0.2) is 13.8 Å². The Bertz CT molecular complexity index is 237. The third kappa shape index (κ3) is 1.92. The number of hydrogen-bond acceptors (Lipinski definition) is 1. The number of allylic oxidation sites excluding steroid dienone is 1. The summed E-state index contributed by atoms with van der Waals surface area (Å²) in [6.07, 6.45) is -0.171. The zero-order valence-corrected chi connectivity index (χ0v) is 6.88. The Morgan fingerprint density at radius 3 is 2.73 bits per heavy atom. The molecule has 1 amide bonds. The Balaban J connectivity index is 2.85. The summed E-state index contributed by atoms with van der Waals surface area (Å²) >= 11 is 2.93. The lowest BCUT2D eigenvalue weighted by Crippen LogP contribution is -2.24. The van der Waals surface area contributed by atoms with E-state index in [1.165, 1.54) is 6.08 Å². The van der Waals surface area contributed by atoms with Gasteiger partial charge in [0.2, 0.25) is 0 Å². The van der Waals surface area contributed by atoms with Gasteiger partial charge in [-0.1, -0.05) is 22.0 Å². The van der Waals surface area contributed by atoms with Gasteiger partial charge >= 0.3 is 0 Å². The molecule has 0 fully saturated rings. The lowest BCUT2D eigenvalue weighted by Gasteiger charge is -2.10. The topological polar surface area (TPSA) is 29.4 Å². The van der Waals surface area contributed by atoms with Crippen molar-refractivity contribution in [3.8, 4) is 0 Å². The molecule has 0 bridgehead atoms. The average Bonchev–Trinajstić information content (AvgIpc) is 1.94. The van der Waals surface area contributed by atoms with Crippen LogP contribution in [0.4, 0.5) is 8.78 Å². The number of aliphatic imine (C=N–C) groups is 1. The molecule has 0 saturated heterocycles. The van der Waals surface area contributed by atoms with Crippen LogP contribution in [0.1, 0.15) is 0 Å². The molecular formula is C6H4BrF2NO. The van der Waals surface area contributed by atoms with E-state index in [9.17, 15) is 13.6 Å². The van der Waals surface area contributed by atoms with E-state index in [0.717, 1.165) is 6.08 Å². The molecule has 1 heterocycles. The predicted octanol–water partition coefficient (Wildman–Crippen LogP) is 1.55. The summed E-state index contributed by atoms with van der Waals surface area (Å²) in [5.74, 6) is -0.629. The van der Waals surface area contributed by atoms with Gasteiger partial charge in [0, 0.05) is 6.08 Å². The van der Waals surface area contributed by atoms with Gasteiger partial charge in [0.1, 0.15) is 5.71 Å². The normalized spacial score (nSPS) is 24.2. The van der Waals surface area contributed by atoms with Crippen molar-refractivity contribution in [3.63, 3.8) is 0 Å². The van der Waals surface area contributed by atoms with Gasteiger partial charge < -0.3 is 0 Å². The second-order valence-electron chi connectivity index (χ2n) is 1.94. The number of carbonyl (C=O) groups excluding carboxylic acids is 1. The zero-order chi connectivity index (χ0) is 8.43. The number of dihydropyridines is 1. The van der Waals surface area contributed by atoms with Crippen LogP contribution in [0.25, 0.3) is 0 Å². The Morgan fingerprint density at radius 1 is 1.64 bits per heavy atom. The van der Waals surface area contributed by atoms with E-state index in [1.54, 1.807) is 0 Å². The van der Waals surface area contributed by atoms with E-state index in [2.05, 4.69) is 20.9 Å². The minimum atomic E-state index is -2.67. The van der Waals surface area contributed by atoms with E-state index in [4.69, 9.17) is 0 Å². The standard InChI is InChI=1S/C6H4BrF2NO/c7-3-1-2-4(11)10-5(3)6(8)9/h1-3,6H. The van der Waals surface area contributed by atoms with Crippen molar-refractivity contribution in [2.24, 2.45) is 4.99 Å². The molecule has 0 spiro atoms. The molecule has 60 valence electrons. The number of nitrogens with zero attached hydrogens (tertiary/aromatic N) is 1. The van der Waals surface area contributed by atoms with Crippen LogP contribution in [0.3, 0.4) is 0 Å². The first-order valence-electron chi connectivity index (χ1n) is 2.84. The highest BCUT2D eigenvalue weighted by Gasteiger charge is 2.23. The molecule has 0 aromatic heterocycles. The lowest BCUT2D eigenvalue weighted by atomic mass is 10.2. The molecule has 1 unspecified atom stereocenters. The van der Waals surface area contributed by atoms with Crippen molar-refractivity contribution in [3.05, 3.63) is 12.2 Å². The largest absolute Gasteiger partial charge is 0.278 e. The van der Waals surface area contributed by atoms with Crippen LogP contribution in [-0.4, -0.2) is 22.9 Å². The minimum Gasteiger partial charge on any atom is -0.267 e. The van der Waals surface area contributed by atoms with Crippen molar-refractivity contribution < 1.29 is 13.6 Å². The molecule has 0 radical (unpaired) electrons. The van der Waals surface area contributed by atoms with Crippen molar-refractivity contribution in [1.82, 2.24) is 0 Å². The maximum Gasteiger partial charge on any atom is 0.278 e. The molecule has 5 heteroatoms. The number of alkyl halides is 3. The first-order chi connectivity index (χ1) is 5.11. The molecule has 0 aromatic rings. The van der Waals surface area contributed by atoms with E-state index in [-0.39, 0.29) is 0 Å². The molecule has 11 heavy (non-hydrogen) atoms. The Labute approximate surface area is 70.1 Å². The summed E-state index contributed by atoms with van der Waals surface area (Å²) in [4.78, 5) is 13.0. The summed E-state index contributed by atoms with van der Waals surface area (Å²) in [5, 5.41) is 0. The van der Waals surface area contributed by atoms with Crippen molar-refractivity contribution in [2.45, 2.75) is 11.3 Å². The summed E-state index contributed by atoms with van der Waals surface area (Å²) in [5.41, 5.74) is -0.419. The molecule has 0 aliphatic carbocycles. The highest BCUT2D eigenvalue weighted by Crippen LogP contribution is 2.14. The number of amides is 1. The Morgan fingerprint density at radius 2 is 2.27 bits per heavy atom. The average molecular weight is 224 g/mol. The molecule has 1 rings (SSSR count). The van der Waals surface area contributed by atoms with E-state index < -0.39 is 22.9 Å². The maximum absolute atomic E-state index is 12.0. The highest BCUT2D eigenvalue weighted by molar-refractivity contribution is 9.10. The second kappa shape index (κ2) is 3.21. The fourth-order valence-electron chi connectivity index (χ4n) is 0.661. The van der Waals surface area contributed by atoms with Gasteiger partial charge in [0.05, 0.1) is 4.83 Å². The van der Waals surface area contributed by atoms with Crippen molar-refractivity contribution in [1.29, 1.82) is 0 Å². The molecule has 0 N–H and O–H groups in total. The Kier molecular flexibility index (Phi) is 2.49. The Hall–Kier alpha value is -0.580. The quantitative estimate of drug-likeness (QED) is 0.621. The molecule has 1 aliphatic rings. The van der Waals surface area contributed by atoms with Crippen LogP contribution in [-0.2, 0) is 4.79 Å². The minimum absolute atomic E-state index is 0.419. The van der Waals surface area contributed by atoms with Crippen LogP contribution in [0.2, 0.25) is 0 Å². The molecule has 1 aliphatic heterocycles. The second-order valence-corrected chi connectivity index (χ2v) is 2.92. The number of halogens is 3. The molecule has 1 atom stereocenters. The van der Waals surface area contributed by atoms with Gasteiger partial charge in [-0.3, -0.25) is 4.79 Å². The highest BCUT2D eigenvalue weighted by atomic mass is 79.9. The summed E-state index contributed by atoms with van der Waals surface area (Å²) in [6, 6.07) is 0. The van der Waals surface area contributed by atoms with Crippen LogP contribution < -0.4 is 0 Å². The summed E-state index contributed by atoms with van der Waals surface area (Å²) < 4.78 is 24.0. The number of hydrogen-bond donors (Lipinski definition) is 0. The van der Waals surface area contributed by atoms with Gasteiger partial charge in [0.25, 0.3) is 12.3 Å². The van der Waals surface area contributed by atoms with Gasteiger partial charge in [-0.05, 0) is 0 Å². The van der Waals surface area contributed by atoms with Crippen LogP contribution in [0, 0.1) is 0 Å². The monoisotopic (exact) mass is 223 g/mol. The number of carbonyl (C=O) groups is 1. The lowest BCUT2D eigenvalue weighted by molar-refractivity contribution is -0.113. The van der Waals surface area contributed by atoms with Gasteiger partial charge in [-0.2, -0.15) is 0 Å². The first kappa shape index (κ1) is 8.52. The van der Waals surface area contributed by atoms with Crippen LogP contribution >= 0.6 is 15.9 Å². The third-order valence-electron chi connectivity index (χ3n) is 1.15. The molecular weight excluding hydrogens is 220 g/mol. The van der Waals surface area contributed by atoms with Crippen molar-refractivity contribution in [2.75, 3.05) is 0 Å². The fraction of sp³-hybridized carbons (Fsp3) is 0.333. The van der Waals surface area contributed by atoms with E-state index >= 15 is 0 Å². The molecule has 0 aromatic carbocycles. The maximum atomic E-state index is 12.0. The summed E-state index contributed by atoms with van der Waals surface area (Å²) in [7, 11) is 0. The smallest absolute Gasteiger partial charge is 0.267 e. The summed E-state index contributed by atoms with van der Waals surface area (Å²) in [6.45, 7) is 0. The van der Waals surface area contributed by atoms with Crippen LogP contribution in [0.5, 0.6) is 0 Å². The molecule has 2 nitrogen and oxygen atoms in total. The number of rotatable bonds is 1. The molecule has 0 saturated carbocycles. The fourth-order valence-corrected chi connectivity index (χ4v) is 1.12. The zero-order valence-electron chi connectivity index (χ0n) is 5.30. The SMILES string of the molecule is O=C1C=CC(Br)C(C(F)F)=N1. The van der Waals surface area contributed by atoms with Gasteiger partial charge in [0.15, 0.2) is 0 Å². The van der Waals surface area contributed by atoms with Crippen molar-refractivity contribution >= 4 is 27.5 Å². The van der Waals surface area contributed by atoms with Crippen LogP contribution in [0.15, 0.2) is 17.1 Å². The van der Waals surface area contributed by atoms with E-state index in [1.807, 2.05) is 0 Å². The van der Waals surface area contributed by atoms with Gasteiger partial charge in [-0.15, -0.1) is 0 Å². The predicted molar refractivity (Wildman–Crippen MR) is 40.3 cm³/mol. The van der Waals surface area contributed by atoms with E-state index in [0.29, 0.717) is 0 Å². The first-order valence-corrected chi connectivity index (χ1v) is 3.75.